The van der Waals surface area contributed by atoms with E-state index in [1.54, 1.807) is 12.1 Å². The lowest BCUT2D eigenvalue weighted by atomic mass is 10.0. The lowest BCUT2D eigenvalue weighted by Crippen LogP contribution is -2.43. The van der Waals surface area contributed by atoms with E-state index < -0.39 is 30.3 Å². The van der Waals surface area contributed by atoms with E-state index in [-0.39, 0.29) is 29.3 Å². The van der Waals surface area contributed by atoms with Gasteiger partial charge in [-0.3, -0.25) is 29.6 Å². The van der Waals surface area contributed by atoms with Gasteiger partial charge in [0.15, 0.2) is 12.4 Å². The minimum Gasteiger partial charge on any atom is -0.457 e. The highest BCUT2D eigenvalue weighted by molar-refractivity contribution is 6.36. The van der Waals surface area contributed by atoms with Crippen molar-refractivity contribution in [1.29, 1.82) is 0 Å². The van der Waals surface area contributed by atoms with Crippen LogP contribution in [-0.4, -0.2) is 41.7 Å². The van der Waals surface area contributed by atoms with Crippen LogP contribution in [0.5, 0.6) is 0 Å². The van der Waals surface area contributed by atoms with Crippen LogP contribution < -0.4 is 5.43 Å². The van der Waals surface area contributed by atoms with Gasteiger partial charge in [-0.15, -0.1) is 0 Å². The number of ether oxygens (including phenoxy) is 1. The fraction of sp³-hybridized carbons (Fsp3) is 0.273. The van der Waals surface area contributed by atoms with Crippen molar-refractivity contribution in [1.82, 2.24) is 10.4 Å². The molecule has 0 bridgehead atoms. The predicted octanol–water partition coefficient (Wildman–Crippen LogP) is 3.53. The van der Waals surface area contributed by atoms with Gasteiger partial charge in [-0.25, -0.2) is 0 Å². The monoisotopic (exact) mass is 462 g/mol. The molecule has 1 fully saturated rings. The average Bonchev–Trinajstić information content (AvgIpc) is 3.08. The molecular weight excluding hydrogens is 443 g/mol. The molecule has 0 spiro atoms. The second-order valence-electron chi connectivity index (χ2n) is 7.30. The van der Waals surface area contributed by atoms with Crippen molar-refractivity contribution in [3.8, 4) is 0 Å². The molecule has 7 nitrogen and oxygen atoms in total. The predicted molar refractivity (Wildman–Crippen MR) is 115 cm³/mol. The number of hydrogen-bond donors (Lipinski definition) is 1. The normalized spacial score (nSPS) is 15.7. The molecule has 2 amide bonds. The number of Topliss-reactive ketones (excluding diaryl/α,β-unsaturated/α-hetero) is 1. The molecule has 3 rings (SSSR count). The SMILES string of the molecule is Cc1ccc(C(=O)COC(=O)[C@@H]2CC(=O)N(NC(=O)c3ccc(Cl)cc3Cl)C2)cc1C. The maximum Gasteiger partial charge on any atom is 0.311 e. The molecule has 0 radical (unpaired) electrons. The summed E-state index contributed by atoms with van der Waals surface area (Å²) in [5.41, 5.74) is 5.05. The van der Waals surface area contributed by atoms with Crippen LogP contribution in [0.1, 0.15) is 38.3 Å². The molecule has 1 N–H and O–H groups in total. The highest BCUT2D eigenvalue weighted by atomic mass is 35.5. The first kappa shape index (κ1) is 22.8. The van der Waals surface area contributed by atoms with Crippen LogP contribution in [0.15, 0.2) is 36.4 Å². The van der Waals surface area contributed by atoms with E-state index in [4.69, 9.17) is 27.9 Å². The number of aryl methyl sites for hydroxylation is 2. The lowest BCUT2D eigenvalue weighted by molar-refractivity contribution is -0.147. The van der Waals surface area contributed by atoms with Gasteiger partial charge in [-0.05, 0) is 49.2 Å². The second-order valence-corrected chi connectivity index (χ2v) is 8.14. The summed E-state index contributed by atoms with van der Waals surface area (Å²) >= 11 is 11.8. The van der Waals surface area contributed by atoms with Gasteiger partial charge < -0.3 is 4.74 Å². The van der Waals surface area contributed by atoms with Gasteiger partial charge in [0.1, 0.15) is 0 Å². The van der Waals surface area contributed by atoms with Crippen molar-refractivity contribution < 1.29 is 23.9 Å². The highest BCUT2D eigenvalue weighted by Gasteiger charge is 2.37. The third kappa shape index (κ3) is 5.42. The fourth-order valence-electron chi connectivity index (χ4n) is 3.08. The Morgan fingerprint density at radius 3 is 2.52 bits per heavy atom. The molecule has 0 aliphatic carbocycles. The third-order valence-electron chi connectivity index (χ3n) is 5.05. The van der Waals surface area contributed by atoms with Gasteiger partial charge in [0, 0.05) is 17.0 Å². The first-order chi connectivity index (χ1) is 14.7. The smallest absolute Gasteiger partial charge is 0.311 e. The summed E-state index contributed by atoms with van der Waals surface area (Å²) < 4.78 is 5.11. The molecule has 0 aromatic heterocycles. The van der Waals surface area contributed by atoms with Gasteiger partial charge >= 0.3 is 5.97 Å². The number of nitrogens with one attached hydrogen (secondary N) is 1. The van der Waals surface area contributed by atoms with Gasteiger partial charge in [0.05, 0.1) is 23.0 Å². The Kier molecular flexibility index (Phi) is 6.97. The molecule has 9 heteroatoms. The minimum absolute atomic E-state index is 0.0630. The Hall–Kier alpha value is -2.90. The van der Waals surface area contributed by atoms with Crippen LogP contribution in [-0.2, 0) is 14.3 Å². The maximum atomic E-state index is 12.4. The number of hydrazine groups is 1. The summed E-state index contributed by atoms with van der Waals surface area (Å²) in [5.74, 6) is -2.84. The van der Waals surface area contributed by atoms with Crippen molar-refractivity contribution in [2.45, 2.75) is 20.3 Å². The number of benzene rings is 2. The van der Waals surface area contributed by atoms with E-state index in [9.17, 15) is 19.2 Å². The van der Waals surface area contributed by atoms with Crippen LogP contribution in [0.2, 0.25) is 10.0 Å². The van der Waals surface area contributed by atoms with Crippen LogP contribution in [0.25, 0.3) is 0 Å². The average molecular weight is 463 g/mol. The molecule has 1 aliphatic rings. The molecule has 1 heterocycles. The first-order valence-corrected chi connectivity index (χ1v) is 10.2. The van der Waals surface area contributed by atoms with Gasteiger partial charge in [0.25, 0.3) is 5.91 Å². The summed E-state index contributed by atoms with van der Waals surface area (Å²) in [6.07, 6.45) is -0.134. The number of amides is 2. The van der Waals surface area contributed by atoms with Crippen molar-refractivity contribution in [3.05, 3.63) is 68.7 Å². The zero-order chi connectivity index (χ0) is 22.7. The number of ketones is 1. The molecule has 2 aromatic rings. The van der Waals surface area contributed by atoms with E-state index in [0.717, 1.165) is 16.1 Å². The van der Waals surface area contributed by atoms with Crippen molar-refractivity contribution >= 4 is 46.8 Å². The van der Waals surface area contributed by atoms with E-state index in [1.807, 2.05) is 19.9 Å². The second kappa shape index (κ2) is 9.49. The minimum atomic E-state index is -0.791. The number of carbonyl (C=O) groups is 4. The Balaban J connectivity index is 1.55. The molecule has 1 saturated heterocycles. The molecule has 1 atom stereocenters. The molecule has 31 heavy (non-hydrogen) atoms. The number of carbonyl (C=O) groups excluding carboxylic acids is 4. The zero-order valence-electron chi connectivity index (χ0n) is 16.9. The van der Waals surface area contributed by atoms with Crippen molar-refractivity contribution in [2.75, 3.05) is 13.2 Å². The standard InChI is InChI=1S/C22H20Cl2N2O5/c1-12-3-4-14(7-13(12)2)19(27)11-31-22(30)15-8-20(28)26(10-15)25-21(29)17-6-5-16(23)9-18(17)24/h3-7,9,15H,8,10-11H2,1-2H3,(H,25,29)/t15-/m1/s1. The lowest BCUT2D eigenvalue weighted by Gasteiger charge is -2.18. The molecular formula is C22H20Cl2N2O5. The summed E-state index contributed by atoms with van der Waals surface area (Å²) in [6.45, 7) is 3.35. The zero-order valence-corrected chi connectivity index (χ0v) is 18.4. The number of nitrogens with zero attached hydrogens (tertiary/aromatic N) is 1. The molecule has 0 unspecified atom stereocenters. The number of hydrogen-bond acceptors (Lipinski definition) is 5. The summed E-state index contributed by atoms with van der Waals surface area (Å²) in [5, 5.41) is 1.55. The summed E-state index contributed by atoms with van der Waals surface area (Å²) in [7, 11) is 0. The van der Waals surface area contributed by atoms with Gasteiger partial charge in [-0.2, -0.15) is 0 Å². The highest BCUT2D eigenvalue weighted by Crippen LogP contribution is 2.22. The molecule has 2 aromatic carbocycles. The number of halogens is 2. The Labute approximate surface area is 189 Å². The van der Waals surface area contributed by atoms with Gasteiger partial charge in [-0.1, -0.05) is 35.3 Å². The quantitative estimate of drug-likeness (QED) is 0.523. The number of esters is 1. The van der Waals surface area contributed by atoms with Crippen LogP contribution in [0, 0.1) is 19.8 Å². The topological polar surface area (TPSA) is 92.8 Å². The first-order valence-electron chi connectivity index (χ1n) is 9.49. The largest absolute Gasteiger partial charge is 0.457 e. The van der Waals surface area contributed by atoms with Crippen LogP contribution in [0.3, 0.4) is 0 Å². The summed E-state index contributed by atoms with van der Waals surface area (Å²) in [4.78, 5) is 49.2. The Morgan fingerprint density at radius 2 is 1.84 bits per heavy atom. The summed E-state index contributed by atoms with van der Waals surface area (Å²) in [6, 6.07) is 9.59. The fourth-order valence-corrected chi connectivity index (χ4v) is 3.58. The molecule has 0 saturated carbocycles. The Morgan fingerprint density at radius 1 is 1.10 bits per heavy atom. The number of rotatable bonds is 6. The Bertz CT molecular complexity index is 1070. The van der Waals surface area contributed by atoms with Gasteiger partial charge in [0.2, 0.25) is 5.91 Å². The molecule has 1 aliphatic heterocycles. The van der Waals surface area contributed by atoms with Crippen molar-refractivity contribution in [3.63, 3.8) is 0 Å². The van der Waals surface area contributed by atoms with E-state index in [0.29, 0.717) is 10.6 Å². The van der Waals surface area contributed by atoms with E-state index >= 15 is 0 Å². The van der Waals surface area contributed by atoms with E-state index in [1.165, 1.54) is 18.2 Å². The van der Waals surface area contributed by atoms with E-state index in [2.05, 4.69) is 5.43 Å². The third-order valence-corrected chi connectivity index (χ3v) is 5.59. The maximum absolute atomic E-state index is 12.4. The van der Waals surface area contributed by atoms with Crippen molar-refractivity contribution in [2.24, 2.45) is 5.92 Å². The molecule has 162 valence electrons. The van der Waals surface area contributed by atoms with Crippen LogP contribution in [0.4, 0.5) is 0 Å². The van der Waals surface area contributed by atoms with Crippen LogP contribution >= 0.6 is 23.2 Å².